The molecule has 196 valence electrons. The average molecular weight is 534 g/mol. The van der Waals surface area contributed by atoms with Gasteiger partial charge in [-0.1, -0.05) is 68.8 Å². The Labute approximate surface area is 225 Å². The summed E-state index contributed by atoms with van der Waals surface area (Å²) in [5, 5.41) is 21.0. The number of ether oxygens (including phenoxy) is 1. The number of methoxy groups -OCH3 is 1. The lowest BCUT2D eigenvalue weighted by Gasteiger charge is -2.27. The highest BCUT2D eigenvalue weighted by Gasteiger charge is 2.46. The SMILES string of the molecule is COc1ccc(Cl)cc1/C(O)=C1\C(=O)C(=O)N(Cc2ccc(C(=O)O)cc2)C1c1ccc(C(C)(C)C)cc1. The van der Waals surface area contributed by atoms with Crippen molar-refractivity contribution in [3.8, 4) is 5.75 Å². The molecule has 4 rings (SSSR count). The first-order chi connectivity index (χ1) is 17.9. The van der Waals surface area contributed by atoms with Gasteiger partial charge in [-0.3, -0.25) is 9.59 Å². The van der Waals surface area contributed by atoms with Gasteiger partial charge in [0.05, 0.1) is 29.9 Å². The van der Waals surface area contributed by atoms with Crippen molar-refractivity contribution in [2.75, 3.05) is 7.11 Å². The van der Waals surface area contributed by atoms with Gasteiger partial charge < -0.3 is 19.8 Å². The van der Waals surface area contributed by atoms with Crippen LogP contribution in [0.5, 0.6) is 5.75 Å². The van der Waals surface area contributed by atoms with Crippen LogP contribution in [0.1, 0.15) is 59.4 Å². The van der Waals surface area contributed by atoms with Gasteiger partial charge in [0, 0.05) is 11.6 Å². The zero-order chi connectivity index (χ0) is 27.8. The van der Waals surface area contributed by atoms with Crippen LogP contribution < -0.4 is 4.74 Å². The third-order valence-electron chi connectivity index (χ3n) is 6.60. The quantitative estimate of drug-likeness (QED) is 0.230. The Morgan fingerprint density at radius 2 is 1.61 bits per heavy atom. The standard InChI is InChI=1S/C30H28ClNO6/c1-30(2,3)20-11-9-18(10-12-20)25-24(26(33)22-15-21(31)13-14-23(22)38-4)27(34)28(35)32(25)16-17-5-7-19(8-6-17)29(36)37/h5-15,25,33H,16H2,1-4H3,(H,36,37)/b26-24+. The Morgan fingerprint density at radius 1 is 0.974 bits per heavy atom. The molecule has 3 aromatic carbocycles. The van der Waals surface area contributed by atoms with Crippen molar-refractivity contribution in [3.63, 3.8) is 0 Å². The topological polar surface area (TPSA) is 104 Å². The van der Waals surface area contributed by atoms with E-state index >= 15 is 0 Å². The zero-order valence-electron chi connectivity index (χ0n) is 21.5. The maximum Gasteiger partial charge on any atom is 0.335 e. The summed E-state index contributed by atoms with van der Waals surface area (Å²) < 4.78 is 5.38. The van der Waals surface area contributed by atoms with E-state index in [9.17, 15) is 24.6 Å². The van der Waals surface area contributed by atoms with E-state index < -0.39 is 29.5 Å². The van der Waals surface area contributed by atoms with Crippen molar-refractivity contribution in [3.05, 3.63) is 105 Å². The molecule has 1 heterocycles. The fraction of sp³-hybridized carbons (Fsp3) is 0.233. The number of rotatable bonds is 6. The van der Waals surface area contributed by atoms with Gasteiger partial charge in [-0.15, -0.1) is 0 Å². The van der Waals surface area contributed by atoms with Crippen molar-refractivity contribution in [2.24, 2.45) is 0 Å². The summed E-state index contributed by atoms with van der Waals surface area (Å²) in [7, 11) is 1.43. The van der Waals surface area contributed by atoms with Gasteiger partial charge >= 0.3 is 5.97 Å². The molecule has 3 aromatic rings. The normalized spacial score (nSPS) is 17.1. The second kappa shape index (κ2) is 10.3. The molecule has 0 aliphatic carbocycles. The number of hydrogen-bond donors (Lipinski definition) is 2. The number of aliphatic hydroxyl groups is 1. The first-order valence-electron chi connectivity index (χ1n) is 12.0. The van der Waals surface area contributed by atoms with E-state index in [0.29, 0.717) is 21.9 Å². The molecule has 2 N–H and O–H groups in total. The van der Waals surface area contributed by atoms with Crippen molar-refractivity contribution in [2.45, 2.75) is 38.8 Å². The molecular weight excluding hydrogens is 506 g/mol. The summed E-state index contributed by atoms with van der Waals surface area (Å²) in [4.78, 5) is 39.4. The van der Waals surface area contributed by atoms with Crippen LogP contribution in [0.25, 0.3) is 5.76 Å². The minimum atomic E-state index is -1.06. The highest BCUT2D eigenvalue weighted by atomic mass is 35.5. The minimum Gasteiger partial charge on any atom is -0.507 e. The third kappa shape index (κ3) is 5.15. The smallest absolute Gasteiger partial charge is 0.335 e. The average Bonchev–Trinajstić information content (AvgIpc) is 3.13. The number of Topliss-reactive ketones (excluding diaryl/α,β-unsaturated/α-hetero) is 1. The second-order valence-corrected chi connectivity index (χ2v) is 10.6. The van der Waals surface area contributed by atoms with Crippen molar-refractivity contribution in [1.82, 2.24) is 4.90 Å². The van der Waals surface area contributed by atoms with Crippen LogP contribution in [-0.2, 0) is 21.5 Å². The molecule has 0 radical (unpaired) electrons. The number of carboxylic acid groups (broad SMARTS) is 1. The molecule has 1 unspecified atom stereocenters. The maximum absolute atomic E-state index is 13.4. The highest BCUT2D eigenvalue weighted by molar-refractivity contribution is 6.46. The molecule has 1 saturated heterocycles. The summed E-state index contributed by atoms with van der Waals surface area (Å²) in [6.07, 6.45) is 0. The number of halogens is 1. The van der Waals surface area contributed by atoms with Gasteiger partial charge in [0.1, 0.15) is 11.5 Å². The predicted molar refractivity (Wildman–Crippen MR) is 144 cm³/mol. The molecule has 7 nitrogen and oxygen atoms in total. The van der Waals surface area contributed by atoms with E-state index in [1.165, 1.54) is 30.2 Å². The molecule has 1 aliphatic rings. The van der Waals surface area contributed by atoms with E-state index in [2.05, 4.69) is 20.8 Å². The molecule has 1 fully saturated rings. The molecular formula is C30H28ClNO6. The molecule has 0 spiro atoms. The van der Waals surface area contributed by atoms with Crippen LogP contribution in [0.15, 0.2) is 72.3 Å². The van der Waals surface area contributed by atoms with Crippen LogP contribution in [0.2, 0.25) is 5.02 Å². The lowest BCUT2D eigenvalue weighted by molar-refractivity contribution is -0.140. The number of carbonyl (C=O) groups excluding carboxylic acids is 2. The lowest BCUT2D eigenvalue weighted by atomic mass is 9.85. The maximum atomic E-state index is 13.4. The Balaban J connectivity index is 1.87. The number of amides is 1. The highest BCUT2D eigenvalue weighted by Crippen LogP contribution is 2.42. The molecule has 8 heteroatoms. The van der Waals surface area contributed by atoms with Crippen molar-refractivity contribution in [1.29, 1.82) is 0 Å². The number of carboxylic acids is 1. The number of aliphatic hydroxyl groups excluding tert-OH is 1. The number of benzene rings is 3. The molecule has 0 saturated carbocycles. The zero-order valence-corrected chi connectivity index (χ0v) is 22.2. The largest absolute Gasteiger partial charge is 0.507 e. The van der Waals surface area contributed by atoms with E-state index in [-0.39, 0.29) is 28.7 Å². The van der Waals surface area contributed by atoms with Gasteiger partial charge in [0.15, 0.2) is 0 Å². The molecule has 0 aromatic heterocycles. The molecule has 38 heavy (non-hydrogen) atoms. The van der Waals surface area contributed by atoms with Gasteiger partial charge in [0.25, 0.3) is 11.7 Å². The van der Waals surface area contributed by atoms with E-state index in [1.54, 1.807) is 24.3 Å². The Bertz CT molecular complexity index is 1440. The van der Waals surface area contributed by atoms with Gasteiger partial charge in [-0.25, -0.2) is 4.79 Å². The molecule has 1 amide bonds. The number of nitrogens with zero attached hydrogens (tertiary/aromatic N) is 1. The van der Waals surface area contributed by atoms with Crippen molar-refractivity contribution < 1.29 is 29.3 Å². The fourth-order valence-corrected chi connectivity index (χ4v) is 4.69. The fourth-order valence-electron chi connectivity index (χ4n) is 4.51. The third-order valence-corrected chi connectivity index (χ3v) is 6.84. The first-order valence-corrected chi connectivity index (χ1v) is 12.3. The van der Waals surface area contributed by atoms with Crippen LogP contribution in [0.3, 0.4) is 0 Å². The number of carbonyl (C=O) groups is 3. The Kier molecular flexibility index (Phi) is 7.33. The molecule has 0 bridgehead atoms. The predicted octanol–water partition coefficient (Wildman–Crippen LogP) is 5.97. The van der Waals surface area contributed by atoms with E-state index in [4.69, 9.17) is 16.3 Å². The van der Waals surface area contributed by atoms with E-state index in [1.807, 2.05) is 24.3 Å². The van der Waals surface area contributed by atoms with Gasteiger partial charge in [-0.2, -0.15) is 0 Å². The number of hydrogen-bond acceptors (Lipinski definition) is 5. The van der Waals surface area contributed by atoms with Crippen LogP contribution in [-0.4, -0.2) is 39.9 Å². The molecule has 1 aliphatic heterocycles. The summed E-state index contributed by atoms with van der Waals surface area (Å²) in [5.41, 5.74) is 2.45. The minimum absolute atomic E-state index is 0.0274. The summed E-state index contributed by atoms with van der Waals surface area (Å²) >= 11 is 6.18. The second-order valence-electron chi connectivity index (χ2n) is 10.1. The Morgan fingerprint density at radius 3 is 2.16 bits per heavy atom. The Hall–Kier alpha value is -4.10. The van der Waals surface area contributed by atoms with Crippen LogP contribution >= 0.6 is 11.6 Å². The van der Waals surface area contributed by atoms with Crippen LogP contribution in [0, 0.1) is 0 Å². The number of ketones is 1. The van der Waals surface area contributed by atoms with Gasteiger partial charge in [-0.05, 0) is 52.4 Å². The summed E-state index contributed by atoms with van der Waals surface area (Å²) in [6.45, 7) is 6.28. The van der Waals surface area contributed by atoms with E-state index in [0.717, 1.165) is 5.56 Å². The number of likely N-dealkylation sites (tertiary alicyclic amines) is 1. The van der Waals surface area contributed by atoms with Gasteiger partial charge in [0.2, 0.25) is 0 Å². The monoisotopic (exact) mass is 533 g/mol. The van der Waals surface area contributed by atoms with Crippen LogP contribution in [0.4, 0.5) is 0 Å². The summed E-state index contributed by atoms with van der Waals surface area (Å²) in [6, 6.07) is 17.4. The lowest BCUT2D eigenvalue weighted by Crippen LogP contribution is -2.29. The van der Waals surface area contributed by atoms with Crippen molar-refractivity contribution >= 4 is 35.0 Å². The molecule has 1 atom stereocenters. The first kappa shape index (κ1) is 26.9. The number of aromatic carboxylic acids is 1. The summed E-state index contributed by atoms with van der Waals surface area (Å²) in [5.74, 6) is -2.77.